The van der Waals surface area contributed by atoms with Crippen LogP contribution in [0.3, 0.4) is 0 Å². The zero-order valence-corrected chi connectivity index (χ0v) is 6.10. The van der Waals surface area contributed by atoms with Crippen LogP contribution in [0, 0.1) is 0 Å². The van der Waals surface area contributed by atoms with Crippen molar-refractivity contribution in [2.24, 2.45) is 0 Å². The summed E-state index contributed by atoms with van der Waals surface area (Å²) < 4.78 is 23.3. The summed E-state index contributed by atoms with van der Waals surface area (Å²) in [5.74, 6) is -1.08. The van der Waals surface area contributed by atoms with Crippen LogP contribution in [-0.2, 0) is 4.79 Å². The van der Waals surface area contributed by atoms with Crippen LogP contribution >= 0.6 is 0 Å². The Morgan fingerprint density at radius 3 is 1.90 bits per heavy atom. The highest BCUT2D eigenvalue weighted by atomic mass is 19.3. The van der Waals surface area contributed by atoms with E-state index >= 15 is 0 Å². The molecular weight excluding hydrogens is 140 g/mol. The second-order valence-corrected chi connectivity index (χ2v) is 1.81. The molecule has 1 amide bonds. The molecule has 10 heavy (non-hydrogen) atoms. The maximum atomic E-state index is 11.7. The van der Waals surface area contributed by atoms with Crippen LogP contribution in [0.4, 0.5) is 8.78 Å². The Kier molecular flexibility index (Phi) is 3.91. The molecule has 0 aromatic carbocycles. The van der Waals surface area contributed by atoms with E-state index in [1.54, 1.807) is 13.8 Å². The van der Waals surface area contributed by atoms with Gasteiger partial charge >= 0.3 is 6.43 Å². The van der Waals surface area contributed by atoms with Crippen LogP contribution in [0.25, 0.3) is 0 Å². The van der Waals surface area contributed by atoms with Gasteiger partial charge in [0, 0.05) is 13.1 Å². The van der Waals surface area contributed by atoms with E-state index in [1.807, 2.05) is 0 Å². The highest BCUT2D eigenvalue weighted by molar-refractivity contribution is 5.79. The minimum Gasteiger partial charge on any atom is -0.338 e. The highest BCUT2D eigenvalue weighted by Gasteiger charge is 2.19. The van der Waals surface area contributed by atoms with Gasteiger partial charge in [0.15, 0.2) is 0 Å². The fourth-order valence-electron chi connectivity index (χ4n) is 0.673. The Morgan fingerprint density at radius 1 is 1.40 bits per heavy atom. The van der Waals surface area contributed by atoms with Crippen molar-refractivity contribution in [1.29, 1.82) is 0 Å². The SMILES string of the molecule is CCN(CC)C(=O)C(F)F. The Balaban J connectivity index is 3.89. The summed E-state index contributed by atoms with van der Waals surface area (Å²) >= 11 is 0. The molecule has 0 spiro atoms. The number of hydrogen-bond acceptors (Lipinski definition) is 1. The number of amides is 1. The third-order valence-corrected chi connectivity index (χ3v) is 1.26. The van der Waals surface area contributed by atoms with Crippen LogP contribution < -0.4 is 0 Å². The second-order valence-electron chi connectivity index (χ2n) is 1.81. The van der Waals surface area contributed by atoms with Crippen molar-refractivity contribution in [2.75, 3.05) is 13.1 Å². The number of halogens is 2. The van der Waals surface area contributed by atoms with Crippen molar-refractivity contribution in [3.05, 3.63) is 0 Å². The Hall–Kier alpha value is -0.670. The van der Waals surface area contributed by atoms with E-state index < -0.39 is 12.3 Å². The molecule has 0 rings (SSSR count). The molecule has 60 valence electrons. The maximum absolute atomic E-state index is 11.7. The Labute approximate surface area is 58.8 Å². The van der Waals surface area contributed by atoms with Crippen LogP contribution in [-0.4, -0.2) is 30.3 Å². The first kappa shape index (κ1) is 9.33. The summed E-state index contributed by atoms with van der Waals surface area (Å²) in [6, 6.07) is 0. The van der Waals surface area contributed by atoms with Gasteiger partial charge in [-0.25, -0.2) is 0 Å². The van der Waals surface area contributed by atoms with Crippen molar-refractivity contribution >= 4 is 5.91 Å². The average Bonchev–Trinajstić information content (AvgIpc) is 1.90. The minimum absolute atomic E-state index is 0.347. The molecule has 0 heterocycles. The van der Waals surface area contributed by atoms with Gasteiger partial charge < -0.3 is 4.90 Å². The number of rotatable bonds is 3. The molecule has 0 saturated heterocycles. The molecule has 0 fully saturated rings. The number of nitrogens with zero attached hydrogens (tertiary/aromatic N) is 1. The zero-order valence-electron chi connectivity index (χ0n) is 6.10. The molecular formula is C6H11F2NO. The quantitative estimate of drug-likeness (QED) is 0.591. The van der Waals surface area contributed by atoms with E-state index in [0.717, 1.165) is 4.90 Å². The third kappa shape index (κ3) is 2.29. The Bertz CT molecular complexity index is 112. The maximum Gasteiger partial charge on any atom is 0.315 e. The van der Waals surface area contributed by atoms with Crippen LogP contribution in [0.1, 0.15) is 13.8 Å². The monoisotopic (exact) mass is 151 g/mol. The van der Waals surface area contributed by atoms with Crippen LogP contribution in [0.5, 0.6) is 0 Å². The molecule has 0 atom stereocenters. The summed E-state index contributed by atoms with van der Waals surface area (Å²) in [5.41, 5.74) is 0. The first-order valence-corrected chi connectivity index (χ1v) is 3.20. The lowest BCUT2D eigenvalue weighted by molar-refractivity contribution is -0.142. The van der Waals surface area contributed by atoms with E-state index in [4.69, 9.17) is 0 Å². The normalized spacial score (nSPS) is 10.1. The summed E-state index contributed by atoms with van der Waals surface area (Å²) in [6.07, 6.45) is -2.86. The zero-order chi connectivity index (χ0) is 8.15. The molecule has 0 N–H and O–H groups in total. The Morgan fingerprint density at radius 2 is 1.80 bits per heavy atom. The lowest BCUT2D eigenvalue weighted by Crippen LogP contribution is -2.35. The van der Waals surface area contributed by atoms with Gasteiger partial charge in [-0.05, 0) is 13.8 Å². The van der Waals surface area contributed by atoms with Crippen LogP contribution in [0.15, 0.2) is 0 Å². The summed E-state index contributed by atoms with van der Waals surface area (Å²) in [5, 5.41) is 0. The lowest BCUT2D eigenvalue weighted by Gasteiger charge is -2.17. The van der Waals surface area contributed by atoms with Crippen molar-refractivity contribution in [1.82, 2.24) is 4.90 Å². The molecule has 2 nitrogen and oxygen atoms in total. The first-order valence-electron chi connectivity index (χ1n) is 3.20. The highest BCUT2D eigenvalue weighted by Crippen LogP contribution is 1.99. The minimum atomic E-state index is -2.86. The number of alkyl halides is 2. The largest absolute Gasteiger partial charge is 0.338 e. The molecule has 4 heteroatoms. The fraction of sp³-hybridized carbons (Fsp3) is 0.833. The van der Waals surface area contributed by atoms with Gasteiger partial charge in [-0.3, -0.25) is 4.79 Å². The fourth-order valence-corrected chi connectivity index (χ4v) is 0.673. The number of hydrogen-bond donors (Lipinski definition) is 0. The topological polar surface area (TPSA) is 20.3 Å². The smallest absolute Gasteiger partial charge is 0.315 e. The predicted molar refractivity (Wildman–Crippen MR) is 33.9 cm³/mol. The lowest BCUT2D eigenvalue weighted by atomic mass is 10.4. The van der Waals surface area contributed by atoms with E-state index in [9.17, 15) is 13.6 Å². The number of carbonyl (C=O) groups excluding carboxylic acids is 1. The molecule has 0 aromatic heterocycles. The van der Waals surface area contributed by atoms with Gasteiger partial charge in [-0.15, -0.1) is 0 Å². The van der Waals surface area contributed by atoms with E-state index in [2.05, 4.69) is 0 Å². The standard InChI is InChI=1S/C6H11F2NO/c1-3-9(4-2)6(10)5(7)8/h5H,3-4H2,1-2H3. The summed E-state index contributed by atoms with van der Waals surface area (Å²) in [4.78, 5) is 11.6. The predicted octanol–water partition coefficient (Wildman–Crippen LogP) is 1.12. The molecule has 0 radical (unpaired) electrons. The summed E-state index contributed by atoms with van der Waals surface area (Å²) in [7, 11) is 0. The third-order valence-electron chi connectivity index (χ3n) is 1.26. The van der Waals surface area contributed by atoms with Gasteiger partial charge in [0.2, 0.25) is 0 Å². The van der Waals surface area contributed by atoms with E-state index in [-0.39, 0.29) is 0 Å². The molecule has 0 aliphatic rings. The van der Waals surface area contributed by atoms with Gasteiger partial charge in [0.25, 0.3) is 5.91 Å². The molecule has 0 bridgehead atoms. The van der Waals surface area contributed by atoms with Gasteiger partial charge in [0.1, 0.15) is 0 Å². The molecule has 0 unspecified atom stereocenters. The van der Waals surface area contributed by atoms with Gasteiger partial charge in [-0.1, -0.05) is 0 Å². The first-order chi connectivity index (χ1) is 4.63. The van der Waals surface area contributed by atoms with E-state index in [0.29, 0.717) is 13.1 Å². The molecule has 0 aliphatic carbocycles. The average molecular weight is 151 g/mol. The molecule has 0 saturated carbocycles. The van der Waals surface area contributed by atoms with Gasteiger partial charge in [0.05, 0.1) is 0 Å². The molecule has 0 aromatic rings. The summed E-state index contributed by atoms with van der Waals surface area (Å²) in [6.45, 7) is 4.03. The van der Waals surface area contributed by atoms with Crippen molar-refractivity contribution in [3.63, 3.8) is 0 Å². The van der Waals surface area contributed by atoms with Gasteiger partial charge in [-0.2, -0.15) is 8.78 Å². The molecule has 0 aliphatic heterocycles. The van der Waals surface area contributed by atoms with Crippen LogP contribution in [0.2, 0.25) is 0 Å². The van der Waals surface area contributed by atoms with Crippen molar-refractivity contribution in [2.45, 2.75) is 20.3 Å². The van der Waals surface area contributed by atoms with Crippen molar-refractivity contribution < 1.29 is 13.6 Å². The second kappa shape index (κ2) is 4.19. The number of carbonyl (C=O) groups is 1. The van der Waals surface area contributed by atoms with E-state index in [1.165, 1.54) is 0 Å². The van der Waals surface area contributed by atoms with Crippen molar-refractivity contribution in [3.8, 4) is 0 Å².